The predicted octanol–water partition coefficient (Wildman–Crippen LogP) is 2.62. The van der Waals surface area contributed by atoms with Crippen LogP contribution in [0.25, 0.3) is 0 Å². The zero-order chi connectivity index (χ0) is 14.6. The van der Waals surface area contributed by atoms with Crippen molar-refractivity contribution >= 4 is 0 Å². The summed E-state index contributed by atoms with van der Waals surface area (Å²) >= 11 is 0. The van der Waals surface area contributed by atoms with E-state index in [0.717, 1.165) is 24.3 Å². The molecule has 1 aromatic carbocycles. The fourth-order valence-electron chi connectivity index (χ4n) is 2.36. The lowest BCUT2D eigenvalue weighted by Gasteiger charge is -2.33. The fraction of sp³-hybridized carbons (Fsp3) is 0.625. The maximum atomic E-state index is 6.06. The summed E-state index contributed by atoms with van der Waals surface area (Å²) in [5.74, 6) is 1.66. The second-order valence-electron chi connectivity index (χ2n) is 5.81. The molecule has 4 nitrogen and oxygen atoms in total. The minimum absolute atomic E-state index is 0.0301. The average Bonchev–Trinajstić information content (AvgIpc) is 2.47. The van der Waals surface area contributed by atoms with Crippen molar-refractivity contribution in [2.24, 2.45) is 0 Å². The van der Waals surface area contributed by atoms with E-state index >= 15 is 0 Å². The van der Waals surface area contributed by atoms with E-state index < -0.39 is 0 Å². The van der Waals surface area contributed by atoms with Crippen LogP contribution in [-0.4, -0.2) is 38.5 Å². The molecule has 0 aliphatic carbocycles. The summed E-state index contributed by atoms with van der Waals surface area (Å²) in [6.07, 6.45) is 1.98. The molecular weight excluding hydrogens is 254 g/mol. The van der Waals surface area contributed by atoms with Gasteiger partial charge in [-0.25, -0.2) is 0 Å². The highest BCUT2D eigenvalue weighted by molar-refractivity contribution is 5.40. The summed E-state index contributed by atoms with van der Waals surface area (Å²) in [5, 5.41) is 3.34. The molecule has 2 rings (SSSR count). The molecule has 0 bridgehead atoms. The third-order valence-corrected chi connectivity index (χ3v) is 3.96. The molecule has 2 unspecified atom stereocenters. The van der Waals surface area contributed by atoms with Gasteiger partial charge < -0.3 is 19.5 Å². The molecule has 112 valence electrons. The Hall–Kier alpha value is -1.26. The molecule has 0 aromatic heterocycles. The molecule has 1 aromatic rings. The molecule has 0 spiro atoms. The van der Waals surface area contributed by atoms with E-state index in [-0.39, 0.29) is 17.7 Å². The first kappa shape index (κ1) is 15.1. The molecule has 1 aliphatic heterocycles. The highest BCUT2D eigenvalue weighted by Crippen LogP contribution is 2.32. The van der Waals surface area contributed by atoms with Crippen molar-refractivity contribution in [3.63, 3.8) is 0 Å². The average molecular weight is 279 g/mol. The van der Waals surface area contributed by atoms with Crippen molar-refractivity contribution in [2.75, 3.05) is 20.8 Å². The first-order chi connectivity index (χ1) is 9.55. The molecule has 1 heterocycles. The number of benzene rings is 1. The smallest absolute Gasteiger partial charge is 0.161 e. The topological polar surface area (TPSA) is 39.7 Å². The quantitative estimate of drug-likeness (QED) is 0.869. The van der Waals surface area contributed by atoms with Gasteiger partial charge in [-0.2, -0.15) is 0 Å². The second-order valence-corrected chi connectivity index (χ2v) is 5.81. The minimum Gasteiger partial charge on any atom is -0.486 e. The highest BCUT2D eigenvalue weighted by atomic mass is 16.6. The first-order valence-corrected chi connectivity index (χ1v) is 7.16. The molecule has 0 saturated heterocycles. The lowest BCUT2D eigenvalue weighted by atomic mass is 9.96. The van der Waals surface area contributed by atoms with E-state index in [2.05, 4.69) is 19.2 Å². The SMILES string of the molecule is CNC(CCC(C)(C)OC)C1COc2ccccc2O1. The van der Waals surface area contributed by atoms with Crippen LogP contribution in [0.4, 0.5) is 0 Å². The Morgan fingerprint density at radius 1 is 1.35 bits per heavy atom. The van der Waals surface area contributed by atoms with E-state index in [9.17, 15) is 0 Å². The van der Waals surface area contributed by atoms with Crippen LogP contribution in [-0.2, 0) is 4.74 Å². The normalized spacial score (nSPS) is 19.7. The number of methoxy groups -OCH3 is 1. The number of likely N-dealkylation sites (N-methyl/N-ethyl adjacent to an activating group) is 1. The summed E-state index contributed by atoms with van der Waals surface area (Å²) in [6, 6.07) is 8.06. The number of nitrogens with one attached hydrogen (secondary N) is 1. The number of rotatable bonds is 6. The fourth-order valence-corrected chi connectivity index (χ4v) is 2.36. The van der Waals surface area contributed by atoms with Gasteiger partial charge in [0.05, 0.1) is 5.60 Å². The maximum absolute atomic E-state index is 6.06. The predicted molar refractivity (Wildman–Crippen MR) is 79.5 cm³/mol. The van der Waals surface area contributed by atoms with Crippen molar-refractivity contribution in [1.29, 1.82) is 0 Å². The van der Waals surface area contributed by atoms with Gasteiger partial charge >= 0.3 is 0 Å². The molecular formula is C16H25NO3. The van der Waals surface area contributed by atoms with Crippen molar-refractivity contribution in [1.82, 2.24) is 5.32 Å². The van der Waals surface area contributed by atoms with Crippen molar-refractivity contribution in [3.05, 3.63) is 24.3 Å². The largest absolute Gasteiger partial charge is 0.486 e. The molecule has 0 amide bonds. The van der Waals surface area contributed by atoms with Gasteiger partial charge in [-0.1, -0.05) is 12.1 Å². The standard InChI is InChI=1S/C16H25NO3/c1-16(2,18-4)10-9-12(17-3)15-11-19-13-7-5-6-8-14(13)20-15/h5-8,12,15,17H,9-11H2,1-4H3. The van der Waals surface area contributed by atoms with Crippen LogP contribution in [0.2, 0.25) is 0 Å². The van der Waals surface area contributed by atoms with Gasteiger partial charge in [-0.05, 0) is 45.9 Å². The number of ether oxygens (including phenoxy) is 3. The van der Waals surface area contributed by atoms with Crippen LogP contribution in [0.3, 0.4) is 0 Å². The molecule has 0 radical (unpaired) electrons. The van der Waals surface area contributed by atoms with Crippen LogP contribution in [0.1, 0.15) is 26.7 Å². The van der Waals surface area contributed by atoms with E-state index in [1.165, 1.54) is 0 Å². The van der Waals surface area contributed by atoms with Crippen molar-refractivity contribution < 1.29 is 14.2 Å². The van der Waals surface area contributed by atoms with E-state index in [1.54, 1.807) is 7.11 Å². The number of hydrogen-bond acceptors (Lipinski definition) is 4. The molecule has 2 atom stereocenters. The van der Waals surface area contributed by atoms with Crippen LogP contribution < -0.4 is 14.8 Å². The van der Waals surface area contributed by atoms with Crippen molar-refractivity contribution in [2.45, 2.75) is 44.4 Å². The molecule has 0 fully saturated rings. The maximum Gasteiger partial charge on any atom is 0.161 e. The number of para-hydroxylation sites is 2. The molecule has 0 saturated carbocycles. The lowest BCUT2D eigenvalue weighted by molar-refractivity contribution is 0.00291. The summed E-state index contributed by atoms with van der Waals surface area (Å²) in [6.45, 7) is 4.79. The molecule has 1 aliphatic rings. The first-order valence-electron chi connectivity index (χ1n) is 7.16. The Morgan fingerprint density at radius 3 is 2.70 bits per heavy atom. The third-order valence-electron chi connectivity index (χ3n) is 3.96. The Balaban J connectivity index is 1.96. The molecule has 20 heavy (non-hydrogen) atoms. The zero-order valence-corrected chi connectivity index (χ0v) is 12.8. The Labute approximate surface area is 121 Å². The van der Waals surface area contributed by atoms with Gasteiger partial charge in [-0.15, -0.1) is 0 Å². The number of fused-ring (bicyclic) bond motifs is 1. The minimum atomic E-state index is -0.109. The Bertz CT molecular complexity index is 433. The Morgan fingerprint density at radius 2 is 2.05 bits per heavy atom. The summed E-state index contributed by atoms with van der Waals surface area (Å²) in [7, 11) is 3.72. The highest BCUT2D eigenvalue weighted by Gasteiger charge is 2.29. The monoisotopic (exact) mass is 279 g/mol. The summed E-state index contributed by atoms with van der Waals surface area (Å²) in [5.41, 5.74) is -0.109. The van der Waals surface area contributed by atoms with Gasteiger partial charge in [0.2, 0.25) is 0 Å². The van der Waals surface area contributed by atoms with Gasteiger partial charge in [0.25, 0.3) is 0 Å². The number of hydrogen-bond donors (Lipinski definition) is 1. The van der Waals surface area contributed by atoms with Gasteiger partial charge in [0.1, 0.15) is 12.7 Å². The van der Waals surface area contributed by atoms with Crippen molar-refractivity contribution in [3.8, 4) is 11.5 Å². The molecule has 1 N–H and O–H groups in total. The lowest BCUT2D eigenvalue weighted by Crippen LogP contribution is -2.47. The van der Waals surface area contributed by atoms with Crippen LogP contribution in [0, 0.1) is 0 Å². The van der Waals surface area contributed by atoms with Crippen LogP contribution >= 0.6 is 0 Å². The third kappa shape index (κ3) is 3.64. The summed E-state index contributed by atoms with van der Waals surface area (Å²) in [4.78, 5) is 0. The van der Waals surface area contributed by atoms with Crippen LogP contribution in [0.5, 0.6) is 11.5 Å². The van der Waals surface area contributed by atoms with Gasteiger partial charge in [0.15, 0.2) is 11.5 Å². The zero-order valence-electron chi connectivity index (χ0n) is 12.8. The van der Waals surface area contributed by atoms with Crippen LogP contribution in [0.15, 0.2) is 24.3 Å². The van der Waals surface area contributed by atoms with E-state index in [4.69, 9.17) is 14.2 Å². The Kier molecular flexibility index (Phi) is 4.89. The van der Waals surface area contributed by atoms with Gasteiger partial charge in [-0.3, -0.25) is 0 Å². The van der Waals surface area contributed by atoms with E-state index in [1.807, 2.05) is 31.3 Å². The second kappa shape index (κ2) is 6.46. The van der Waals surface area contributed by atoms with Gasteiger partial charge in [0, 0.05) is 13.2 Å². The molecule has 4 heteroatoms. The summed E-state index contributed by atoms with van der Waals surface area (Å²) < 4.78 is 17.3. The van der Waals surface area contributed by atoms with E-state index in [0.29, 0.717) is 6.61 Å².